The maximum absolute atomic E-state index is 11.6. The van der Waals surface area contributed by atoms with Gasteiger partial charge in [0.05, 0.1) is 0 Å². The highest BCUT2D eigenvalue weighted by molar-refractivity contribution is 5.67. The number of carbonyl (C=O) groups excluding carboxylic acids is 1. The molecule has 5 heteroatoms. The monoisotopic (exact) mass is 250 g/mol. The van der Waals surface area contributed by atoms with E-state index < -0.39 is 0 Å². The summed E-state index contributed by atoms with van der Waals surface area (Å²) in [7, 11) is 0. The quantitative estimate of drug-likeness (QED) is 0.813. The lowest BCUT2D eigenvalue weighted by Crippen LogP contribution is -2.46. The molecule has 2 rings (SSSR count). The first-order valence-electron chi connectivity index (χ1n) is 6.16. The van der Waals surface area contributed by atoms with Crippen LogP contribution in [0, 0.1) is 0 Å². The lowest BCUT2D eigenvalue weighted by atomic mass is 10.3. The van der Waals surface area contributed by atoms with Gasteiger partial charge in [-0.3, -0.25) is 0 Å². The molecule has 98 valence electrons. The van der Waals surface area contributed by atoms with E-state index in [1.165, 1.54) is 0 Å². The van der Waals surface area contributed by atoms with E-state index in [-0.39, 0.29) is 12.7 Å². The highest BCUT2D eigenvalue weighted by Crippen LogP contribution is 2.07. The molecule has 0 bridgehead atoms. The smallest absolute Gasteiger partial charge is 0.409 e. The summed E-state index contributed by atoms with van der Waals surface area (Å²) in [5.41, 5.74) is 0. The van der Waals surface area contributed by atoms with Crippen molar-refractivity contribution in [1.82, 2.24) is 10.2 Å². The molecule has 1 heterocycles. The van der Waals surface area contributed by atoms with Crippen molar-refractivity contribution >= 4 is 6.09 Å². The van der Waals surface area contributed by atoms with Crippen molar-refractivity contribution < 1.29 is 14.3 Å². The summed E-state index contributed by atoms with van der Waals surface area (Å²) in [6, 6.07) is 9.48. The van der Waals surface area contributed by atoms with Gasteiger partial charge in [0.1, 0.15) is 19.0 Å². The SMILES string of the molecule is O=C(OCCOc1ccccc1)N1CCNCC1. The Labute approximate surface area is 107 Å². The van der Waals surface area contributed by atoms with Gasteiger partial charge in [0.15, 0.2) is 0 Å². The van der Waals surface area contributed by atoms with E-state index in [0.717, 1.165) is 18.8 Å². The molecule has 1 saturated heterocycles. The molecule has 0 spiro atoms. The molecule has 1 fully saturated rings. The van der Waals surface area contributed by atoms with Gasteiger partial charge in [-0.25, -0.2) is 4.79 Å². The van der Waals surface area contributed by atoms with E-state index in [1.54, 1.807) is 4.90 Å². The number of rotatable bonds is 4. The van der Waals surface area contributed by atoms with Crippen LogP contribution in [0.25, 0.3) is 0 Å². The van der Waals surface area contributed by atoms with Crippen LogP contribution < -0.4 is 10.1 Å². The predicted octanol–water partition coefficient (Wildman–Crippen LogP) is 1.11. The zero-order chi connectivity index (χ0) is 12.6. The van der Waals surface area contributed by atoms with Crippen molar-refractivity contribution in [2.24, 2.45) is 0 Å². The minimum absolute atomic E-state index is 0.256. The Morgan fingerprint density at radius 2 is 1.89 bits per heavy atom. The van der Waals surface area contributed by atoms with Gasteiger partial charge in [-0.15, -0.1) is 0 Å². The fraction of sp³-hybridized carbons (Fsp3) is 0.462. The van der Waals surface area contributed by atoms with Crippen LogP contribution >= 0.6 is 0 Å². The number of hydrogen-bond acceptors (Lipinski definition) is 4. The van der Waals surface area contributed by atoms with Gasteiger partial charge in [0.25, 0.3) is 0 Å². The summed E-state index contributed by atoms with van der Waals surface area (Å²) in [6.45, 7) is 3.72. The second kappa shape index (κ2) is 6.86. The average Bonchev–Trinajstić information content (AvgIpc) is 2.45. The molecule has 1 N–H and O–H groups in total. The van der Waals surface area contributed by atoms with Crippen molar-refractivity contribution in [3.05, 3.63) is 30.3 Å². The topological polar surface area (TPSA) is 50.8 Å². The highest BCUT2D eigenvalue weighted by atomic mass is 16.6. The van der Waals surface area contributed by atoms with Gasteiger partial charge in [-0.05, 0) is 12.1 Å². The second-order valence-corrected chi connectivity index (χ2v) is 4.01. The number of nitrogens with one attached hydrogen (secondary N) is 1. The lowest BCUT2D eigenvalue weighted by molar-refractivity contribution is 0.0844. The van der Waals surface area contributed by atoms with E-state index >= 15 is 0 Å². The lowest BCUT2D eigenvalue weighted by Gasteiger charge is -2.26. The molecule has 0 aliphatic carbocycles. The number of amides is 1. The summed E-state index contributed by atoms with van der Waals surface area (Å²) in [5.74, 6) is 0.788. The molecule has 1 aliphatic heterocycles. The zero-order valence-corrected chi connectivity index (χ0v) is 10.3. The third-order valence-corrected chi connectivity index (χ3v) is 2.70. The van der Waals surface area contributed by atoms with E-state index in [1.807, 2.05) is 30.3 Å². The molecule has 18 heavy (non-hydrogen) atoms. The number of ether oxygens (including phenoxy) is 2. The van der Waals surface area contributed by atoms with Gasteiger partial charge in [-0.2, -0.15) is 0 Å². The Bertz CT molecular complexity index is 364. The van der Waals surface area contributed by atoms with Gasteiger partial charge >= 0.3 is 6.09 Å². The van der Waals surface area contributed by atoms with Crippen molar-refractivity contribution in [2.45, 2.75) is 0 Å². The molecule has 1 aromatic rings. The first-order chi connectivity index (χ1) is 8.86. The summed E-state index contributed by atoms with van der Waals surface area (Å²) in [6.07, 6.45) is -0.256. The number of benzene rings is 1. The Kier molecular flexibility index (Phi) is 4.84. The van der Waals surface area contributed by atoms with Crippen LogP contribution in [0.4, 0.5) is 4.79 Å². The number of piperazine rings is 1. The van der Waals surface area contributed by atoms with Gasteiger partial charge in [-0.1, -0.05) is 18.2 Å². The second-order valence-electron chi connectivity index (χ2n) is 4.01. The summed E-state index contributed by atoms with van der Waals surface area (Å²) in [4.78, 5) is 13.3. The molecule has 1 aliphatic rings. The van der Waals surface area contributed by atoms with Crippen molar-refractivity contribution in [3.8, 4) is 5.75 Å². The largest absolute Gasteiger partial charge is 0.490 e. The molecule has 0 unspecified atom stereocenters. The van der Waals surface area contributed by atoms with Crippen molar-refractivity contribution in [3.63, 3.8) is 0 Å². The number of nitrogens with zero attached hydrogens (tertiary/aromatic N) is 1. The molecular formula is C13H18N2O3. The molecule has 0 saturated carbocycles. The van der Waals surface area contributed by atoms with Crippen LogP contribution in [0.3, 0.4) is 0 Å². The minimum Gasteiger partial charge on any atom is -0.490 e. The minimum atomic E-state index is -0.256. The molecule has 1 amide bonds. The Hall–Kier alpha value is -1.75. The van der Waals surface area contributed by atoms with Crippen LogP contribution in [0.15, 0.2) is 30.3 Å². The standard InChI is InChI=1S/C13H18N2O3/c16-13(15-8-6-14-7-9-15)18-11-10-17-12-4-2-1-3-5-12/h1-5,14H,6-11H2. The summed E-state index contributed by atoms with van der Waals surface area (Å²) in [5, 5.41) is 3.18. The molecule has 0 radical (unpaired) electrons. The number of para-hydroxylation sites is 1. The van der Waals surface area contributed by atoms with E-state index in [9.17, 15) is 4.79 Å². The fourth-order valence-electron chi connectivity index (χ4n) is 1.74. The van der Waals surface area contributed by atoms with Gasteiger partial charge < -0.3 is 19.7 Å². The van der Waals surface area contributed by atoms with Crippen molar-refractivity contribution in [1.29, 1.82) is 0 Å². The maximum Gasteiger partial charge on any atom is 0.409 e. The van der Waals surface area contributed by atoms with Crippen LogP contribution in [0.5, 0.6) is 5.75 Å². The molecular weight excluding hydrogens is 232 g/mol. The van der Waals surface area contributed by atoms with Crippen molar-refractivity contribution in [2.75, 3.05) is 39.4 Å². The maximum atomic E-state index is 11.6. The molecule has 0 atom stereocenters. The fourth-order valence-corrected chi connectivity index (χ4v) is 1.74. The van der Waals surface area contributed by atoms with E-state index in [4.69, 9.17) is 9.47 Å². The first kappa shape index (κ1) is 12.7. The summed E-state index contributed by atoms with van der Waals surface area (Å²) >= 11 is 0. The Morgan fingerprint density at radius 3 is 2.61 bits per heavy atom. The Morgan fingerprint density at radius 1 is 1.17 bits per heavy atom. The predicted molar refractivity (Wildman–Crippen MR) is 67.7 cm³/mol. The van der Waals surface area contributed by atoms with E-state index in [2.05, 4.69) is 5.32 Å². The third kappa shape index (κ3) is 3.92. The normalized spacial score (nSPS) is 15.2. The van der Waals surface area contributed by atoms with Crippen LogP contribution in [-0.2, 0) is 4.74 Å². The zero-order valence-electron chi connectivity index (χ0n) is 10.3. The molecule has 5 nitrogen and oxygen atoms in total. The Balaban J connectivity index is 1.61. The van der Waals surface area contributed by atoms with Crippen LogP contribution in [0.1, 0.15) is 0 Å². The highest BCUT2D eigenvalue weighted by Gasteiger charge is 2.16. The van der Waals surface area contributed by atoms with E-state index in [0.29, 0.717) is 19.7 Å². The van der Waals surface area contributed by atoms with Gasteiger partial charge in [0.2, 0.25) is 0 Å². The number of carbonyl (C=O) groups is 1. The first-order valence-corrected chi connectivity index (χ1v) is 6.16. The van der Waals surface area contributed by atoms with Crippen LogP contribution in [-0.4, -0.2) is 50.4 Å². The van der Waals surface area contributed by atoms with Crippen LogP contribution in [0.2, 0.25) is 0 Å². The summed E-state index contributed by atoms with van der Waals surface area (Å²) < 4.78 is 10.6. The third-order valence-electron chi connectivity index (χ3n) is 2.70. The average molecular weight is 250 g/mol. The number of hydrogen-bond donors (Lipinski definition) is 1. The molecule has 0 aromatic heterocycles. The van der Waals surface area contributed by atoms with Gasteiger partial charge in [0, 0.05) is 26.2 Å². The molecule has 1 aromatic carbocycles.